The van der Waals surface area contributed by atoms with Gasteiger partial charge in [0.15, 0.2) is 0 Å². The van der Waals surface area contributed by atoms with Crippen LogP contribution in [0.2, 0.25) is 53.8 Å². The third kappa shape index (κ3) is 9.56. The molecule has 0 atom stereocenters. The van der Waals surface area contributed by atoms with E-state index in [-0.39, 0.29) is 0 Å². The van der Waals surface area contributed by atoms with Crippen LogP contribution >= 0.6 is 22.7 Å². The van der Waals surface area contributed by atoms with Gasteiger partial charge in [-0.05, 0) is 0 Å². The molecule has 1 aliphatic heterocycles. The third-order valence-corrected chi connectivity index (χ3v) is 52.2. The van der Waals surface area contributed by atoms with Crippen LogP contribution in [0.4, 0.5) is 0 Å². The van der Waals surface area contributed by atoms with Gasteiger partial charge in [-0.25, -0.2) is 0 Å². The number of unbranched alkanes of at least 4 members (excludes halogenated alkanes) is 12. The van der Waals surface area contributed by atoms with E-state index in [1.807, 2.05) is 15.5 Å². The first kappa shape index (κ1) is 39.9. The molecule has 2 aromatic rings. The van der Waals surface area contributed by atoms with Gasteiger partial charge in [0.25, 0.3) is 0 Å². The second kappa shape index (κ2) is 18.4. The van der Waals surface area contributed by atoms with Crippen molar-refractivity contribution in [2.75, 3.05) is 0 Å². The Hall–Kier alpha value is 1.43. The third-order valence-electron chi connectivity index (χ3n) is 10.9. The molecule has 0 aliphatic carbocycles. The molecule has 0 N–H and O–H groups in total. The normalized spacial score (nSPS) is 15.9. The van der Waals surface area contributed by atoms with E-state index in [0.717, 1.165) is 0 Å². The first-order valence-electron chi connectivity index (χ1n) is 19.2. The van der Waals surface area contributed by atoms with E-state index in [2.05, 4.69) is 103 Å². The fourth-order valence-corrected chi connectivity index (χ4v) is 46.2. The van der Waals surface area contributed by atoms with Crippen molar-refractivity contribution in [3.63, 3.8) is 0 Å². The van der Waals surface area contributed by atoms with Crippen molar-refractivity contribution < 1.29 is 0 Å². The molecule has 0 unspecified atom stereocenters. The molecule has 3 rings (SSSR count). The summed E-state index contributed by atoms with van der Waals surface area (Å²) in [5.74, 6) is 0. The van der Waals surface area contributed by atoms with E-state index in [0.29, 0.717) is 0 Å². The number of rotatable bonds is 22. The van der Waals surface area contributed by atoms with Gasteiger partial charge >= 0.3 is 297 Å². The molecule has 252 valence electrons. The number of hydrogen-bond acceptors (Lipinski definition) is 2. The molecule has 0 aromatic carbocycles. The van der Waals surface area contributed by atoms with Crippen LogP contribution in [0.25, 0.3) is 9.75 Å². The SMILES string of the molecule is CCCCCC[Si]1(CCCCCC)c2c[c]([Sn]([CH3])([CH3])[CH3])sc2-c2s[c]([Sn]([CH3])([CH3])[CH3])cc2[Si]1(CCCCCC)CCCCCC. The summed E-state index contributed by atoms with van der Waals surface area (Å²) in [4.78, 5) is 19.9. The summed E-state index contributed by atoms with van der Waals surface area (Å²) in [6.07, 6.45) is 23.2. The Balaban J connectivity index is 2.37. The zero-order chi connectivity index (χ0) is 32.4. The van der Waals surface area contributed by atoms with Crippen molar-refractivity contribution >= 4 is 90.8 Å². The summed E-state index contributed by atoms with van der Waals surface area (Å²) < 4.78 is 3.79. The van der Waals surface area contributed by atoms with Gasteiger partial charge in [0.2, 0.25) is 0 Å². The molecule has 3 heterocycles. The minimum atomic E-state index is -2.23. The molecule has 44 heavy (non-hydrogen) atoms. The van der Waals surface area contributed by atoms with Gasteiger partial charge in [-0.3, -0.25) is 0 Å². The number of hydrogen-bond donors (Lipinski definition) is 0. The van der Waals surface area contributed by atoms with Crippen LogP contribution in [-0.4, -0.2) is 51.9 Å². The van der Waals surface area contributed by atoms with Crippen LogP contribution in [0.3, 0.4) is 0 Å². The molecule has 0 spiro atoms. The van der Waals surface area contributed by atoms with Crippen molar-refractivity contribution in [2.24, 2.45) is 0 Å². The molecule has 0 bridgehead atoms. The second-order valence-electron chi connectivity index (χ2n) is 16.6. The Morgan fingerprint density at radius 2 is 0.705 bits per heavy atom. The topological polar surface area (TPSA) is 0 Å². The number of thiophene rings is 2. The molecule has 0 saturated carbocycles. The summed E-state index contributed by atoms with van der Waals surface area (Å²) in [7, 11) is -3.49. The first-order valence-corrected chi connectivity index (χ1v) is 46.7. The van der Waals surface area contributed by atoms with E-state index in [4.69, 9.17) is 0 Å². The quantitative estimate of drug-likeness (QED) is 0.0816. The first-order chi connectivity index (χ1) is 20.9. The Kier molecular flexibility index (Phi) is 16.7. The fraction of sp³-hybridized carbons (Fsp3) is 0.789. The van der Waals surface area contributed by atoms with Gasteiger partial charge in [-0.15, -0.1) is 0 Å². The molecule has 6 heteroatoms. The van der Waals surface area contributed by atoms with Crippen LogP contribution in [-0.2, 0) is 0 Å². The summed E-state index contributed by atoms with van der Waals surface area (Å²) in [6, 6.07) is 12.5. The zero-order valence-electron chi connectivity index (χ0n) is 31.1. The fourth-order valence-electron chi connectivity index (χ4n) is 8.25. The average molecular weight is 887 g/mol. The molecule has 0 amide bonds. The molecule has 0 fully saturated rings. The van der Waals surface area contributed by atoms with E-state index < -0.39 is 51.9 Å². The van der Waals surface area contributed by atoms with Crippen molar-refractivity contribution in [3.05, 3.63) is 12.1 Å². The Morgan fingerprint density at radius 1 is 0.432 bits per heavy atom. The van der Waals surface area contributed by atoms with E-state index >= 15 is 0 Å². The van der Waals surface area contributed by atoms with E-state index in [1.54, 1.807) is 24.2 Å². The second-order valence-corrected chi connectivity index (χ2v) is 62.7. The summed E-state index contributed by atoms with van der Waals surface area (Å²) >= 11 is 0.233. The predicted molar refractivity (Wildman–Crippen MR) is 220 cm³/mol. The summed E-state index contributed by atoms with van der Waals surface area (Å²) in [5, 5.41) is 4.14. The van der Waals surface area contributed by atoms with Crippen molar-refractivity contribution in [2.45, 2.75) is 184 Å². The number of fused-ring (bicyclic) bond motifs is 3. The Labute approximate surface area is 293 Å². The molecule has 0 radical (unpaired) electrons. The molecule has 0 saturated heterocycles. The van der Waals surface area contributed by atoms with Crippen LogP contribution in [0.5, 0.6) is 0 Å². The molecular weight excluding hydrogens is 814 g/mol. The predicted octanol–water partition coefficient (Wildman–Crippen LogP) is 12.3. The van der Waals surface area contributed by atoms with Crippen molar-refractivity contribution in [1.82, 2.24) is 0 Å². The standard InChI is InChI=1S/C32H54S2Si2.6CH3.2Sn/c1-5-9-13-17-25-35(26-18-14-10-6-2)29-21-23-33-31(29)32-30(22-24-34-32)36(35,27-19-15-11-7-3)28-20-16-12-8-4;;;;;;;;/h21-22H,5-20,25-28H2,1-4H3;6*1H3;;. The monoisotopic (exact) mass is 888 g/mol. The average Bonchev–Trinajstić information content (AvgIpc) is 3.62. The summed E-state index contributed by atoms with van der Waals surface area (Å²) in [5.41, 5.74) is 0. The van der Waals surface area contributed by atoms with Gasteiger partial charge < -0.3 is 0 Å². The van der Waals surface area contributed by atoms with Gasteiger partial charge in [-0.1, -0.05) is 0 Å². The Morgan fingerprint density at radius 3 is 0.932 bits per heavy atom. The van der Waals surface area contributed by atoms with Gasteiger partial charge in [-0.2, -0.15) is 0 Å². The van der Waals surface area contributed by atoms with E-state index in [1.165, 1.54) is 103 Å². The Bertz CT molecular complexity index is 1010. The minimum absolute atomic E-state index is 1.37. The maximum absolute atomic E-state index is 2.99. The maximum atomic E-state index is 2.99. The van der Waals surface area contributed by atoms with Crippen LogP contribution in [0.15, 0.2) is 12.1 Å². The van der Waals surface area contributed by atoms with Crippen LogP contribution < -0.4 is 16.2 Å². The zero-order valence-corrected chi connectivity index (χ0v) is 40.5. The molecule has 1 aliphatic rings. The van der Waals surface area contributed by atoms with Crippen molar-refractivity contribution in [1.29, 1.82) is 0 Å². The van der Waals surface area contributed by atoms with Gasteiger partial charge in [0, 0.05) is 0 Å². The van der Waals surface area contributed by atoms with Crippen molar-refractivity contribution in [3.8, 4) is 9.75 Å². The molecule has 2 aromatic heterocycles. The van der Waals surface area contributed by atoms with Gasteiger partial charge in [0.1, 0.15) is 0 Å². The van der Waals surface area contributed by atoms with E-state index in [9.17, 15) is 0 Å². The van der Waals surface area contributed by atoms with Gasteiger partial charge in [0.05, 0.1) is 0 Å². The summed E-state index contributed by atoms with van der Waals surface area (Å²) in [6.45, 7) is 9.65. The van der Waals surface area contributed by atoms with Crippen LogP contribution in [0, 0.1) is 0 Å². The molecular formula is C38H72S2Si2Sn2. The van der Waals surface area contributed by atoms with Crippen LogP contribution in [0.1, 0.15) is 130 Å². The molecule has 0 nitrogen and oxygen atoms in total.